The largest absolute Gasteiger partial charge is 0.496 e. The van der Waals surface area contributed by atoms with Crippen molar-refractivity contribution in [1.82, 2.24) is 9.88 Å². The first-order chi connectivity index (χ1) is 8.70. The number of methoxy groups -OCH3 is 1. The van der Waals surface area contributed by atoms with E-state index in [1.165, 1.54) is 11.1 Å². The zero-order chi connectivity index (χ0) is 13.0. The van der Waals surface area contributed by atoms with Crippen molar-refractivity contribution in [2.45, 2.75) is 19.5 Å². The van der Waals surface area contributed by atoms with Crippen LogP contribution in [-0.4, -0.2) is 11.7 Å². The van der Waals surface area contributed by atoms with E-state index in [2.05, 4.69) is 41.3 Å². The van der Waals surface area contributed by atoms with Gasteiger partial charge in [0.1, 0.15) is 5.75 Å². The summed E-state index contributed by atoms with van der Waals surface area (Å²) in [6, 6.07) is 10.5. The maximum Gasteiger partial charge on any atom is 0.123 e. The lowest BCUT2D eigenvalue weighted by Crippen LogP contribution is -2.18. The van der Waals surface area contributed by atoms with Crippen LogP contribution in [0.1, 0.15) is 24.1 Å². The van der Waals surface area contributed by atoms with Crippen molar-refractivity contribution in [3.63, 3.8) is 0 Å². The van der Waals surface area contributed by atoms with Crippen LogP contribution in [0.15, 0.2) is 42.7 Å². The quantitative estimate of drug-likeness (QED) is 0.875. The molecule has 0 spiro atoms. The first kappa shape index (κ1) is 12.7. The van der Waals surface area contributed by atoms with E-state index in [0.29, 0.717) is 0 Å². The number of nitrogens with one attached hydrogen (secondary N) is 1. The first-order valence-corrected chi connectivity index (χ1v) is 6.18. The number of benzene rings is 1. The first-order valence-electron chi connectivity index (χ1n) is 6.18. The fraction of sp³-hybridized carbons (Fsp3) is 0.333. The van der Waals surface area contributed by atoms with Gasteiger partial charge in [-0.25, -0.2) is 0 Å². The van der Waals surface area contributed by atoms with Crippen LogP contribution in [0.2, 0.25) is 0 Å². The molecule has 0 saturated heterocycles. The molecule has 1 N–H and O–H groups in total. The van der Waals surface area contributed by atoms with Crippen molar-refractivity contribution in [1.29, 1.82) is 0 Å². The molecule has 1 aromatic carbocycles. The molecule has 0 fully saturated rings. The topological polar surface area (TPSA) is 26.2 Å². The second kappa shape index (κ2) is 5.74. The molecule has 0 aliphatic rings. The third-order valence-corrected chi connectivity index (χ3v) is 3.11. The molecule has 0 bridgehead atoms. The molecule has 2 aromatic rings. The molecule has 2 rings (SSSR count). The van der Waals surface area contributed by atoms with E-state index in [9.17, 15) is 0 Å². The van der Waals surface area contributed by atoms with Crippen molar-refractivity contribution >= 4 is 0 Å². The Morgan fingerprint density at radius 1 is 1.28 bits per heavy atom. The lowest BCUT2D eigenvalue weighted by molar-refractivity contribution is 0.401. The van der Waals surface area contributed by atoms with Gasteiger partial charge >= 0.3 is 0 Å². The molecule has 3 nitrogen and oxygen atoms in total. The van der Waals surface area contributed by atoms with Gasteiger partial charge in [0.05, 0.1) is 7.11 Å². The highest BCUT2D eigenvalue weighted by molar-refractivity contribution is 5.35. The molecular weight excluding hydrogens is 224 g/mol. The van der Waals surface area contributed by atoms with Crippen molar-refractivity contribution < 1.29 is 4.74 Å². The van der Waals surface area contributed by atoms with Gasteiger partial charge in [-0.3, -0.25) is 0 Å². The van der Waals surface area contributed by atoms with Crippen LogP contribution >= 0.6 is 0 Å². The van der Waals surface area contributed by atoms with Gasteiger partial charge in [0.15, 0.2) is 0 Å². The maximum atomic E-state index is 5.38. The Morgan fingerprint density at radius 2 is 2.06 bits per heavy atom. The van der Waals surface area contributed by atoms with Crippen LogP contribution in [0.4, 0.5) is 0 Å². The summed E-state index contributed by atoms with van der Waals surface area (Å²) in [7, 11) is 3.75. The molecule has 1 aromatic heterocycles. The fourth-order valence-corrected chi connectivity index (χ4v) is 2.07. The molecule has 3 heteroatoms. The van der Waals surface area contributed by atoms with Gasteiger partial charge in [-0.15, -0.1) is 0 Å². The van der Waals surface area contributed by atoms with E-state index in [1.807, 2.05) is 25.2 Å². The van der Waals surface area contributed by atoms with Crippen LogP contribution in [0.25, 0.3) is 0 Å². The molecule has 0 aliphatic carbocycles. The van der Waals surface area contributed by atoms with Crippen molar-refractivity contribution in [3.8, 4) is 5.75 Å². The minimum absolute atomic E-state index is 0.265. The number of ether oxygens (including phenoxy) is 1. The Kier molecular flexibility index (Phi) is 4.05. The molecule has 0 unspecified atom stereocenters. The molecule has 0 radical (unpaired) electrons. The van der Waals surface area contributed by atoms with Gasteiger partial charge in [-0.2, -0.15) is 0 Å². The van der Waals surface area contributed by atoms with Crippen LogP contribution in [0.3, 0.4) is 0 Å². The number of aromatic nitrogens is 1. The number of para-hydroxylation sites is 1. The molecule has 96 valence electrons. The predicted octanol–water partition coefficient (Wildman–Crippen LogP) is 2.88. The Morgan fingerprint density at radius 3 is 2.72 bits per heavy atom. The summed E-state index contributed by atoms with van der Waals surface area (Å²) in [5.41, 5.74) is 2.48. The minimum atomic E-state index is 0.265. The van der Waals surface area contributed by atoms with Crippen LogP contribution < -0.4 is 10.1 Å². The van der Waals surface area contributed by atoms with Crippen molar-refractivity contribution in [2.75, 3.05) is 7.11 Å². The van der Waals surface area contributed by atoms with E-state index in [4.69, 9.17) is 4.74 Å². The monoisotopic (exact) mass is 244 g/mol. The fourth-order valence-electron chi connectivity index (χ4n) is 2.07. The summed E-state index contributed by atoms with van der Waals surface area (Å²) < 4.78 is 7.44. The summed E-state index contributed by atoms with van der Waals surface area (Å²) >= 11 is 0. The van der Waals surface area contributed by atoms with E-state index in [0.717, 1.165) is 12.3 Å². The second-order valence-corrected chi connectivity index (χ2v) is 4.53. The van der Waals surface area contributed by atoms with Gasteiger partial charge in [0.2, 0.25) is 0 Å². The standard InChI is InChI=1S/C15H20N2O/c1-12(14-6-4-5-7-15(14)18-3)16-10-13-8-9-17(2)11-13/h4-9,11-12,16H,10H2,1-3H3/t12-/m1/s1. The van der Waals surface area contributed by atoms with Gasteiger partial charge < -0.3 is 14.6 Å². The van der Waals surface area contributed by atoms with Crippen molar-refractivity contribution in [3.05, 3.63) is 53.9 Å². The van der Waals surface area contributed by atoms with Gasteiger partial charge in [-0.1, -0.05) is 18.2 Å². The van der Waals surface area contributed by atoms with Crippen LogP contribution in [0, 0.1) is 0 Å². The second-order valence-electron chi connectivity index (χ2n) is 4.53. The number of rotatable bonds is 5. The molecule has 18 heavy (non-hydrogen) atoms. The van der Waals surface area contributed by atoms with Crippen LogP contribution in [0.5, 0.6) is 5.75 Å². The summed E-state index contributed by atoms with van der Waals surface area (Å²) in [5, 5.41) is 3.51. The molecule has 1 atom stereocenters. The Labute approximate surface area is 108 Å². The average Bonchev–Trinajstić information content (AvgIpc) is 2.81. The van der Waals surface area contributed by atoms with Gasteiger partial charge in [0.25, 0.3) is 0 Å². The average molecular weight is 244 g/mol. The molecular formula is C15H20N2O. The normalized spacial score (nSPS) is 12.4. The van der Waals surface area contributed by atoms with E-state index in [-0.39, 0.29) is 6.04 Å². The highest BCUT2D eigenvalue weighted by Gasteiger charge is 2.10. The zero-order valence-corrected chi connectivity index (χ0v) is 11.2. The van der Waals surface area contributed by atoms with Crippen LogP contribution in [-0.2, 0) is 13.6 Å². The maximum absolute atomic E-state index is 5.38. The Balaban J connectivity index is 2.01. The van der Waals surface area contributed by atoms with E-state index >= 15 is 0 Å². The van der Waals surface area contributed by atoms with Gasteiger partial charge in [0, 0.05) is 37.6 Å². The van der Waals surface area contributed by atoms with Gasteiger partial charge in [-0.05, 0) is 24.6 Å². The highest BCUT2D eigenvalue weighted by Crippen LogP contribution is 2.24. The lowest BCUT2D eigenvalue weighted by Gasteiger charge is -2.16. The number of nitrogens with zero attached hydrogens (tertiary/aromatic N) is 1. The van der Waals surface area contributed by atoms with E-state index < -0.39 is 0 Å². The number of hydrogen-bond acceptors (Lipinski definition) is 2. The van der Waals surface area contributed by atoms with Crippen molar-refractivity contribution in [2.24, 2.45) is 7.05 Å². The predicted molar refractivity (Wildman–Crippen MR) is 73.7 cm³/mol. The van der Waals surface area contributed by atoms with E-state index in [1.54, 1.807) is 7.11 Å². The summed E-state index contributed by atoms with van der Waals surface area (Å²) in [4.78, 5) is 0. The SMILES string of the molecule is COc1ccccc1[C@@H](C)NCc1ccn(C)c1. The number of aryl methyl sites for hydroxylation is 1. The summed E-state index contributed by atoms with van der Waals surface area (Å²) in [6.45, 7) is 3.01. The third kappa shape index (κ3) is 2.93. The Hall–Kier alpha value is -1.74. The molecule has 0 saturated carbocycles. The summed E-state index contributed by atoms with van der Waals surface area (Å²) in [5.74, 6) is 0.936. The Bertz CT molecular complexity index is 505. The highest BCUT2D eigenvalue weighted by atomic mass is 16.5. The third-order valence-electron chi connectivity index (χ3n) is 3.11. The zero-order valence-electron chi connectivity index (χ0n) is 11.2. The number of hydrogen-bond donors (Lipinski definition) is 1. The molecule has 0 amide bonds. The molecule has 1 heterocycles. The summed E-state index contributed by atoms with van der Waals surface area (Å²) in [6.07, 6.45) is 4.19. The molecule has 0 aliphatic heterocycles. The lowest BCUT2D eigenvalue weighted by atomic mass is 10.1. The minimum Gasteiger partial charge on any atom is -0.496 e. The smallest absolute Gasteiger partial charge is 0.123 e.